The predicted molar refractivity (Wildman–Crippen MR) is 120 cm³/mol. The lowest BCUT2D eigenvalue weighted by molar-refractivity contribution is 0.371. The molecule has 0 bridgehead atoms. The molecule has 0 spiro atoms. The summed E-state index contributed by atoms with van der Waals surface area (Å²) in [5.41, 5.74) is 5.48. The maximum absolute atomic E-state index is 10.7. The highest BCUT2D eigenvalue weighted by molar-refractivity contribution is 6.06. The standard InChI is InChI=1S/C25H29NO4/c1-13-10-18(27)24-16(8-7-9-19(24)28-4)22(13)25-17-11-14(2)26-15(3)23(17)20(29-5)12-21(25)30-6/h7-10,12,14-15,26-27H,11H2,1-6H3/t14-,15-/m0/s1. The van der Waals surface area contributed by atoms with E-state index in [-0.39, 0.29) is 11.8 Å². The van der Waals surface area contributed by atoms with Crippen molar-refractivity contribution < 1.29 is 19.3 Å². The molecular formula is C25H29NO4. The first-order chi connectivity index (χ1) is 14.4. The predicted octanol–water partition coefficient (Wildman–Crippen LogP) is 5.14. The van der Waals surface area contributed by atoms with E-state index in [1.165, 1.54) is 5.56 Å². The molecule has 1 aliphatic heterocycles. The van der Waals surface area contributed by atoms with E-state index in [4.69, 9.17) is 14.2 Å². The summed E-state index contributed by atoms with van der Waals surface area (Å²) in [4.78, 5) is 0. The number of benzene rings is 3. The third-order valence-corrected chi connectivity index (χ3v) is 6.09. The number of ether oxygens (including phenoxy) is 3. The number of methoxy groups -OCH3 is 3. The topological polar surface area (TPSA) is 60.0 Å². The zero-order valence-corrected chi connectivity index (χ0v) is 18.4. The molecule has 4 rings (SSSR count). The number of aromatic hydroxyl groups is 1. The lowest BCUT2D eigenvalue weighted by Crippen LogP contribution is -2.36. The number of aryl methyl sites for hydroxylation is 1. The molecule has 3 aromatic carbocycles. The van der Waals surface area contributed by atoms with Crippen molar-refractivity contribution in [3.05, 3.63) is 47.0 Å². The minimum absolute atomic E-state index is 0.154. The van der Waals surface area contributed by atoms with E-state index in [0.717, 1.165) is 45.6 Å². The number of phenols is 1. The van der Waals surface area contributed by atoms with Crippen molar-refractivity contribution in [1.82, 2.24) is 5.32 Å². The van der Waals surface area contributed by atoms with Crippen LogP contribution in [0.3, 0.4) is 0 Å². The zero-order valence-electron chi connectivity index (χ0n) is 18.4. The van der Waals surface area contributed by atoms with Gasteiger partial charge in [-0.25, -0.2) is 0 Å². The summed E-state index contributed by atoms with van der Waals surface area (Å²) in [5, 5.41) is 16.0. The fraction of sp³-hybridized carbons (Fsp3) is 0.360. The monoisotopic (exact) mass is 407 g/mol. The normalized spacial score (nSPS) is 18.2. The van der Waals surface area contributed by atoms with Crippen molar-refractivity contribution in [2.75, 3.05) is 21.3 Å². The molecule has 0 aromatic heterocycles. The molecule has 0 amide bonds. The molecule has 2 atom stereocenters. The Hall–Kier alpha value is -2.92. The Morgan fingerprint density at radius 2 is 1.63 bits per heavy atom. The highest BCUT2D eigenvalue weighted by atomic mass is 16.5. The van der Waals surface area contributed by atoms with Crippen LogP contribution in [0.1, 0.15) is 36.6 Å². The summed E-state index contributed by atoms with van der Waals surface area (Å²) in [6, 6.07) is 10.1. The molecule has 0 radical (unpaired) electrons. The van der Waals surface area contributed by atoms with Gasteiger partial charge in [0, 0.05) is 29.3 Å². The first-order valence-electron chi connectivity index (χ1n) is 10.2. The van der Waals surface area contributed by atoms with E-state index < -0.39 is 0 Å². The minimum Gasteiger partial charge on any atom is -0.507 e. The van der Waals surface area contributed by atoms with Crippen LogP contribution < -0.4 is 19.5 Å². The Bertz CT molecular complexity index is 1120. The van der Waals surface area contributed by atoms with Gasteiger partial charge in [-0.2, -0.15) is 0 Å². The summed E-state index contributed by atoms with van der Waals surface area (Å²) >= 11 is 0. The van der Waals surface area contributed by atoms with Gasteiger partial charge in [0.2, 0.25) is 0 Å². The van der Waals surface area contributed by atoms with Gasteiger partial charge in [-0.05, 0) is 61.4 Å². The largest absolute Gasteiger partial charge is 0.507 e. The van der Waals surface area contributed by atoms with Crippen molar-refractivity contribution in [3.8, 4) is 34.1 Å². The van der Waals surface area contributed by atoms with E-state index >= 15 is 0 Å². The summed E-state index contributed by atoms with van der Waals surface area (Å²) in [7, 11) is 5.02. The van der Waals surface area contributed by atoms with Gasteiger partial charge in [0.25, 0.3) is 0 Å². The SMILES string of the molecule is COc1cc(OC)c2c(c1-c1c(C)cc(O)c3c(OC)cccc13)C[C@H](C)N[C@H]2C. The van der Waals surface area contributed by atoms with E-state index in [9.17, 15) is 5.11 Å². The molecule has 0 fully saturated rings. The second-order valence-corrected chi connectivity index (χ2v) is 8.01. The molecular weight excluding hydrogens is 378 g/mol. The second-order valence-electron chi connectivity index (χ2n) is 8.01. The Kier molecular flexibility index (Phi) is 5.24. The van der Waals surface area contributed by atoms with Crippen molar-refractivity contribution in [1.29, 1.82) is 0 Å². The lowest BCUT2D eigenvalue weighted by Gasteiger charge is -2.33. The third kappa shape index (κ3) is 3.05. The first kappa shape index (κ1) is 20.4. The summed E-state index contributed by atoms with van der Waals surface area (Å²) in [6.07, 6.45) is 0.856. The maximum Gasteiger partial charge on any atom is 0.130 e. The molecule has 0 aliphatic carbocycles. The fourth-order valence-electron chi connectivity index (χ4n) is 4.93. The van der Waals surface area contributed by atoms with Crippen LogP contribution in [0.4, 0.5) is 0 Å². The van der Waals surface area contributed by atoms with Crippen LogP contribution in [-0.2, 0) is 6.42 Å². The van der Waals surface area contributed by atoms with Crippen LogP contribution in [0, 0.1) is 6.92 Å². The van der Waals surface area contributed by atoms with Gasteiger partial charge >= 0.3 is 0 Å². The number of hydrogen-bond donors (Lipinski definition) is 2. The van der Waals surface area contributed by atoms with Gasteiger partial charge in [0.1, 0.15) is 23.0 Å². The molecule has 0 unspecified atom stereocenters. The van der Waals surface area contributed by atoms with E-state index in [2.05, 4.69) is 19.2 Å². The molecule has 1 aliphatic rings. The van der Waals surface area contributed by atoms with Gasteiger partial charge < -0.3 is 24.6 Å². The van der Waals surface area contributed by atoms with Crippen LogP contribution in [0.2, 0.25) is 0 Å². The Morgan fingerprint density at radius 1 is 0.933 bits per heavy atom. The number of fused-ring (bicyclic) bond motifs is 2. The Balaban J connectivity index is 2.17. The average Bonchev–Trinajstić information content (AvgIpc) is 2.72. The molecule has 5 heteroatoms. The van der Waals surface area contributed by atoms with Crippen LogP contribution >= 0.6 is 0 Å². The van der Waals surface area contributed by atoms with Crippen LogP contribution in [0.5, 0.6) is 23.0 Å². The zero-order chi connectivity index (χ0) is 21.6. The number of rotatable bonds is 4. The third-order valence-electron chi connectivity index (χ3n) is 6.09. The molecule has 3 aromatic rings. The van der Waals surface area contributed by atoms with E-state index in [1.807, 2.05) is 37.3 Å². The van der Waals surface area contributed by atoms with Crippen molar-refractivity contribution >= 4 is 10.8 Å². The van der Waals surface area contributed by atoms with Crippen LogP contribution in [0.25, 0.3) is 21.9 Å². The second kappa shape index (κ2) is 7.73. The van der Waals surface area contributed by atoms with Crippen molar-refractivity contribution in [2.24, 2.45) is 0 Å². The maximum atomic E-state index is 10.7. The molecule has 0 saturated carbocycles. The van der Waals surface area contributed by atoms with Crippen LogP contribution in [0.15, 0.2) is 30.3 Å². The van der Waals surface area contributed by atoms with E-state index in [1.54, 1.807) is 21.3 Å². The molecule has 1 heterocycles. The summed E-state index contributed by atoms with van der Waals surface area (Å²) in [6.45, 7) is 6.38. The minimum atomic E-state index is 0.154. The Labute approximate surface area is 177 Å². The van der Waals surface area contributed by atoms with E-state index in [0.29, 0.717) is 17.2 Å². The van der Waals surface area contributed by atoms with Crippen molar-refractivity contribution in [2.45, 2.75) is 39.3 Å². The van der Waals surface area contributed by atoms with Gasteiger partial charge in [-0.1, -0.05) is 12.1 Å². The lowest BCUT2D eigenvalue weighted by atomic mass is 9.81. The highest BCUT2D eigenvalue weighted by Gasteiger charge is 2.31. The van der Waals surface area contributed by atoms with Crippen LogP contribution in [-0.4, -0.2) is 32.5 Å². The molecule has 30 heavy (non-hydrogen) atoms. The molecule has 158 valence electrons. The summed E-state index contributed by atoms with van der Waals surface area (Å²) < 4.78 is 17.2. The van der Waals surface area contributed by atoms with Gasteiger partial charge in [-0.3, -0.25) is 0 Å². The molecule has 0 saturated heterocycles. The average molecular weight is 408 g/mol. The van der Waals surface area contributed by atoms with Gasteiger partial charge in [0.05, 0.1) is 26.7 Å². The van der Waals surface area contributed by atoms with Crippen molar-refractivity contribution in [3.63, 3.8) is 0 Å². The quantitative estimate of drug-likeness (QED) is 0.627. The smallest absolute Gasteiger partial charge is 0.130 e. The number of hydrogen-bond acceptors (Lipinski definition) is 5. The number of nitrogens with one attached hydrogen (secondary N) is 1. The van der Waals surface area contributed by atoms with Gasteiger partial charge in [0.15, 0.2) is 0 Å². The van der Waals surface area contributed by atoms with Gasteiger partial charge in [-0.15, -0.1) is 0 Å². The first-order valence-corrected chi connectivity index (χ1v) is 10.2. The molecule has 5 nitrogen and oxygen atoms in total. The summed E-state index contributed by atoms with van der Waals surface area (Å²) in [5.74, 6) is 2.46. The molecule has 2 N–H and O–H groups in total. The number of phenolic OH excluding ortho intramolecular Hbond substituents is 1. The Morgan fingerprint density at radius 3 is 2.30 bits per heavy atom. The highest BCUT2D eigenvalue weighted by Crippen LogP contribution is 2.49. The fourth-order valence-corrected chi connectivity index (χ4v) is 4.93.